The average Bonchev–Trinajstić information content (AvgIpc) is 3.84. The van der Waals surface area contributed by atoms with Gasteiger partial charge < -0.3 is 14.5 Å². The van der Waals surface area contributed by atoms with Gasteiger partial charge in [-0.1, -0.05) is 210 Å². The zero-order valence-electron chi connectivity index (χ0n) is 43.7. The second kappa shape index (κ2) is 18.1. The van der Waals surface area contributed by atoms with E-state index >= 15 is 0 Å². The monoisotopic (exact) mass is 988 g/mol. The first-order chi connectivity index (χ1) is 37.7. The van der Waals surface area contributed by atoms with Gasteiger partial charge in [-0.25, -0.2) is 0 Å². The molecule has 0 atom stereocenters. The molecule has 2 aliphatic rings. The number of ether oxygens (including phenoxy) is 1. The number of hydrogen-bond donors (Lipinski definition) is 0. The van der Waals surface area contributed by atoms with E-state index in [-0.39, 0.29) is 10.8 Å². The fourth-order valence-electron chi connectivity index (χ4n) is 12.6. The summed E-state index contributed by atoms with van der Waals surface area (Å²) in [6, 6.07) is 97.1. The standard InChI is InChI=1S/C74H56N2O/c1-73(2)66-45-51(37-41-62(66)64-43-39-55(47-68(64)73)75(53-25-8-5-9-26-53)70-35-18-23-49-21-14-16-31-58(49)70)60-33-20-34-61(72(60)77-57-29-12-7-13-30-57)52-38-42-63-65-44-40-56(48-69(65)74(3,4)67(63)46-52)76(54-27-10-6-11-28-54)71-36-19-24-50-22-15-17-32-59(50)71/h5-48H,1-4H3. The second-order valence-corrected chi connectivity index (χ2v) is 21.7. The molecule has 0 saturated heterocycles. The van der Waals surface area contributed by atoms with Crippen LogP contribution < -0.4 is 14.5 Å². The number of anilines is 6. The molecular formula is C74H56N2O. The first kappa shape index (κ1) is 46.1. The van der Waals surface area contributed by atoms with Crippen molar-refractivity contribution in [3.05, 3.63) is 289 Å². The predicted octanol–water partition coefficient (Wildman–Crippen LogP) is 20.7. The Labute approximate surface area is 451 Å². The third-order valence-corrected chi connectivity index (χ3v) is 16.5. The lowest BCUT2D eigenvalue weighted by molar-refractivity contribution is 0.486. The van der Waals surface area contributed by atoms with Crippen LogP contribution in [0.4, 0.5) is 34.1 Å². The summed E-state index contributed by atoms with van der Waals surface area (Å²) in [5.41, 5.74) is 20.9. The molecule has 0 spiro atoms. The largest absolute Gasteiger partial charge is 0.456 e. The number of rotatable bonds is 10. The molecular weight excluding hydrogens is 933 g/mol. The maximum absolute atomic E-state index is 7.12. The lowest BCUT2D eigenvalue weighted by Gasteiger charge is -2.29. The summed E-state index contributed by atoms with van der Waals surface area (Å²) < 4.78 is 7.12. The van der Waals surface area contributed by atoms with Crippen molar-refractivity contribution in [2.45, 2.75) is 38.5 Å². The minimum Gasteiger partial charge on any atom is -0.456 e. The summed E-state index contributed by atoms with van der Waals surface area (Å²) in [6.07, 6.45) is 0. The van der Waals surface area contributed by atoms with Crippen LogP contribution in [0, 0.1) is 0 Å². The Kier molecular flexibility index (Phi) is 10.9. The van der Waals surface area contributed by atoms with Crippen molar-refractivity contribution in [2.24, 2.45) is 0 Å². The smallest absolute Gasteiger partial charge is 0.143 e. The van der Waals surface area contributed by atoms with Crippen LogP contribution in [-0.4, -0.2) is 0 Å². The van der Waals surface area contributed by atoms with E-state index in [9.17, 15) is 0 Å². The topological polar surface area (TPSA) is 15.7 Å². The highest BCUT2D eigenvalue weighted by atomic mass is 16.5. The number of nitrogens with zero attached hydrogens (tertiary/aromatic N) is 2. The minimum atomic E-state index is -0.288. The Bertz CT molecular complexity index is 3990. The van der Waals surface area contributed by atoms with Gasteiger partial charge in [0, 0.05) is 55.5 Å². The van der Waals surface area contributed by atoms with Crippen LogP contribution in [0.1, 0.15) is 49.9 Å². The maximum Gasteiger partial charge on any atom is 0.143 e. The molecule has 0 amide bonds. The van der Waals surface area contributed by atoms with Crippen LogP contribution in [0.15, 0.2) is 267 Å². The van der Waals surface area contributed by atoms with Crippen LogP contribution in [0.3, 0.4) is 0 Å². The van der Waals surface area contributed by atoms with Gasteiger partial charge in [0.15, 0.2) is 0 Å². The first-order valence-electron chi connectivity index (χ1n) is 26.8. The van der Waals surface area contributed by atoms with Gasteiger partial charge in [-0.2, -0.15) is 0 Å². The number of hydrogen-bond acceptors (Lipinski definition) is 3. The van der Waals surface area contributed by atoms with Crippen molar-refractivity contribution >= 4 is 55.7 Å². The van der Waals surface area contributed by atoms with Crippen LogP contribution in [-0.2, 0) is 10.8 Å². The van der Waals surface area contributed by atoms with Crippen molar-refractivity contribution in [1.29, 1.82) is 0 Å². The summed E-state index contributed by atoms with van der Waals surface area (Å²) in [5, 5.41) is 4.87. The highest BCUT2D eigenvalue weighted by molar-refractivity contribution is 6.01. The quantitative estimate of drug-likeness (QED) is 0.136. The van der Waals surface area contributed by atoms with Crippen molar-refractivity contribution in [3.8, 4) is 56.0 Å². The lowest BCUT2D eigenvalue weighted by atomic mass is 9.80. The first-order valence-corrected chi connectivity index (χ1v) is 26.8. The molecule has 0 N–H and O–H groups in total. The van der Waals surface area contributed by atoms with Crippen molar-refractivity contribution in [3.63, 3.8) is 0 Å². The van der Waals surface area contributed by atoms with E-state index in [1.54, 1.807) is 0 Å². The summed E-state index contributed by atoms with van der Waals surface area (Å²) in [4.78, 5) is 4.82. The molecule has 14 rings (SSSR count). The molecule has 3 heteroatoms. The molecule has 12 aromatic carbocycles. The Hall–Kier alpha value is -9.44. The van der Waals surface area contributed by atoms with Crippen LogP contribution in [0.5, 0.6) is 11.5 Å². The van der Waals surface area contributed by atoms with Crippen LogP contribution in [0.25, 0.3) is 66.1 Å². The van der Waals surface area contributed by atoms with Gasteiger partial charge >= 0.3 is 0 Å². The molecule has 0 radical (unpaired) electrons. The van der Waals surface area contributed by atoms with E-state index in [1.165, 1.54) is 66.1 Å². The lowest BCUT2D eigenvalue weighted by Crippen LogP contribution is -2.17. The summed E-state index contributed by atoms with van der Waals surface area (Å²) in [5.74, 6) is 1.64. The number of fused-ring (bicyclic) bond motifs is 8. The van der Waals surface area contributed by atoms with Gasteiger partial charge in [-0.05, 0) is 151 Å². The van der Waals surface area contributed by atoms with Crippen molar-refractivity contribution in [1.82, 2.24) is 0 Å². The van der Waals surface area contributed by atoms with Gasteiger partial charge in [0.05, 0.1) is 11.4 Å². The third-order valence-electron chi connectivity index (χ3n) is 16.5. The molecule has 0 aliphatic heterocycles. The summed E-state index contributed by atoms with van der Waals surface area (Å²) in [6.45, 7) is 9.52. The minimum absolute atomic E-state index is 0.288. The van der Waals surface area contributed by atoms with Gasteiger partial charge in [0.25, 0.3) is 0 Å². The molecule has 0 saturated carbocycles. The Morgan fingerprint density at radius 1 is 0.286 bits per heavy atom. The molecule has 0 bridgehead atoms. The van der Waals surface area contributed by atoms with E-state index in [0.717, 1.165) is 67.9 Å². The van der Waals surface area contributed by atoms with Gasteiger partial charge in [0.2, 0.25) is 0 Å². The molecule has 3 nitrogen and oxygen atoms in total. The number of benzene rings is 12. The molecule has 0 fully saturated rings. The Morgan fingerprint density at radius 3 is 1.10 bits per heavy atom. The van der Waals surface area contributed by atoms with Crippen LogP contribution in [0.2, 0.25) is 0 Å². The molecule has 77 heavy (non-hydrogen) atoms. The van der Waals surface area contributed by atoms with Gasteiger partial charge in [-0.3, -0.25) is 0 Å². The zero-order valence-corrected chi connectivity index (χ0v) is 43.7. The van der Waals surface area contributed by atoms with E-state index < -0.39 is 0 Å². The Balaban J connectivity index is 0.849. The maximum atomic E-state index is 7.12. The zero-order chi connectivity index (χ0) is 51.8. The predicted molar refractivity (Wildman–Crippen MR) is 323 cm³/mol. The molecule has 0 heterocycles. The average molecular weight is 989 g/mol. The van der Waals surface area contributed by atoms with Gasteiger partial charge in [-0.15, -0.1) is 0 Å². The van der Waals surface area contributed by atoms with Crippen molar-refractivity contribution in [2.75, 3.05) is 9.80 Å². The number of para-hydroxylation sites is 4. The normalized spacial score (nSPS) is 13.4. The summed E-state index contributed by atoms with van der Waals surface area (Å²) >= 11 is 0. The van der Waals surface area contributed by atoms with Crippen LogP contribution >= 0.6 is 0 Å². The van der Waals surface area contributed by atoms with E-state index in [2.05, 4.69) is 286 Å². The fraction of sp³-hybridized carbons (Fsp3) is 0.0811. The highest BCUT2D eigenvalue weighted by Gasteiger charge is 2.38. The summed E-state index contributed by atoms with van der Waals surface area (Å²) in [7, 11) is 0. The molecule has 0 aromatic heterocycles. The molecule has 368 valence electrons. The SMILES string of the molecule is CC1(C)c2cc(-c3cccc(-c4ccc5c(c4)C(C)(C)c4cc(N(c6ccccc6)c6cccc7ccccc67)ccc4-5)c3Oc3ccccc3)ccc2-c2ccc(N(c3ccccc3)c3cccc4ccccc34)cc21. The molecule has 12 aromatic rings. The molecule has 2 aliphatic carbocycles. The van der Waals surface area contributed by atoms with Gasteiger partial charge in [0.1, 0.15) is 11.5 Å². The highest BCUT2D eigenvalue weighted by Crippen LogP contribution is 2.55. The second-order valence-electron chi connectivity index (χ2n) is 21.7. The Morgan fingerprint density at radius 2 is 0.649 bits per heavy atom. The molecule has 0 unspecified atom stereocenters. The van der Waals surface area contributed by atoms with E-state index in [0.29, 0.717) is 0 Å². The van der Waals surface area contributed by atoms with E-state index in [4.69, 9.17) is 4.74 Å². The fourth-order valence-corrected chi connectivity index (χ4v) is 12.6. The third kappa shape index (κ3) is 7.64. The van der Waals surface area contributed by atoms with E-state index in [1.807, 2.05) is 18.2 Å². The van der Waals surface area contributed by atoms with Crippen molar-refractivity contribution < 1.29 is 4.74 Å².